The number of hydrogen-bond donors (Lipinski definition) is 0. The average molecular weight is 333 g/mol. The minimum absolute atomic E-state index is 0.0763. The number of carbonyl (C=O) groups excluding carboxylic acids is 1. The molecular formula is C19H15N3OS. The molecule has 1 aliphatic rings. The summed E-state index contributed by atoms with van der Waals surface area (Å²) in [6.45, 7) is 0.655. The molecule has 0 amide bonds. The minimum Gasteiger partial charge on any atom is -0.316 e. The molecule has 0 radical (unpaired) electrons. The number of amidine groups is 1. The highest BCUT2D eigenvalue weighted by Crippen LogP contribution is 2.26. The molecule has 0 bridgehead atoms. The smallest absolute Gasteiger partial charge is 0.209 e. The van der Waals surface area contributed by atoms with Crippen molar-refractivity contribution >= 4 is 28.8 Å². The molecule has 5 heteroatoms. The van der Waals surface area contributed by atoms with Gasteiger partial charge in [0.15, 0.2) is 5.17 Å². The van der Waals surface area contributed by atoms with Crippen LogP contribution in [-0.4, -0.2) is 28.1 Å². The molecule has 0 aromatic heterocycles. The molecule has 1 fully saturated rings. The van der Waals surface area contributed by atoms with Crippen LogP contribution in [0.3, 0.4) is 0 Å². The molecule has 1 heterocycles. The summed E-state index contributed by atoms with van der Waals surface area (Å²) in [5.41, 5.74) is 2.09. The Kier molecular flexibility index (Phi) is 5.09. The quantitative estimate of drug-likeness (QED) is 0.485. The van der Waals surface area contributed by atoms with E-state index in [2.05, 4.69) is 4.99 Å². The van der Waals surface area contributed by atoms with Crippen LogP contribution in [0.2, 0.25) is 0 Å². The van der Waals surface area contributed by atoms with E-state index in [-0.39, 0.29) is 5.78 Å². The third kappa shape index (κ3) is 3.55. The predicted molar refractivity (Wildman–Crippen MR) is 97.4 cm³/mol. The van der Waals surface area contributed by atoms with E-state index in [9.17, 15) is 4.79 Å². The summed E-state index contributed by atoms with van der Waals surface area (Å²) in [6, 6.07) is 18.9. The molecular weight excluding hydrogens is 318 g/mol. The summed E-state index contributed by atoms with van der Waals surface area (Å²) in [6.07, 6.45) is 3.68. The number of benzene rings is 2. The largest absolute Gasteiger partial charge is 0.316 e. The molecule has 1 aliphatic heterocycles. The summed E-state index contributed by atoms with van der Waals surface area (Å²) in [5, 5.41) is 9.46. The number of aliphatic imine (C=N–C) groups is 1. The Bertz CT molecular complexity index is 823. The first-order valence-electron chi connectivity index (χ1n) is 7.53. The maximum atomic E-state index is 13.0. The topological polar surface area (TPSA) is 56.5 Å². The van der Waals surface area contributed by atoms with Gasteiger partial charge in [0.1, 0.15) is 0 Å². The van der Waals surface area contributed by atoms with Gasteiger partial charge in [0.25, 0.3) is 0 Å². The monoisotopic (exact) mass is 333 g/mol. The maximum absolute atomic E-state index is 13.0. The summed E-state index contributed by atoms with van der Waals surface area (Å²) < 4.78 is 0. The van der Waals surface area contributed by atoms with Crippen molar-refractivity contribution in [2.75, 3.05) is 12.3 Å². The Balaban J connectivity index is 2.05. The number of nitriles is 1. The Morgan fingerprint density at radius 3 is 2.46 bits per heavy atom. The van der Waals surface area contributed by atoms with Crippen LogP contribution in [0, 0.1) is 11.5 Å². The Morgan fingerprint density at radius 2 is 1.79 bits per heavy atom. The molecule has 0 aliphatic carbocycles. The third-order valence-electron chi connectivity index (χ3n) is 3.58. The number of Topliss-reactive ketones (excluding diaryl/α,β-unsaturated/α-hetero) is 1. The number of nitrogens with zero attached hydrogens (tertiary/aromatic N) is 3. The van der Waals surface area contributed by atoms with E-state index in [1.165, 1.54) is 11.8 Å². The van der Waals surface area contributed by atoms with Crippen LogP contribution in [-0.2, 0) is 0 Å². The lowest BCUT2D eigenvalue weighted by molar-refractivity contribution is 0.101. The average Bonchev–Trinajstić information content (AvgIpc) is 3.09. The molecule has 2 aromatic carbocycles. The van der Waals surface area contributed by atoms with Crippen molar-refractivity contribution in [2.24, 2.45) is 4.99 Å². The van der Waals surface area contributed by atoms with Gasteiger partial charge in [-0.1, -0.05) is 72.4 Å². The number of hydrogen-bond acceptors (Lipinski definition) is 4. The lowest BCUT2D eigenvalue weighted by atomic mass is 10.1. The van der Waals surface area contributed by atoms with Gasteiger partial charge in [-0.15, -0.1) is 4.99 Å². The van der Waals surface area contributed by atoms with Crippen molar-refractivity contribution in [1.29, 1.82) is 5.26 Å². The standard InChI is InChI=1S/C19H15N3OS/c20-14-21-19-22(11-12-24-19)17(13-15-7-3-1-4-8-15)18(23)16-9-5-2-6-10-16/h1-10,13H,11-12H2/b17-13-,21-19?. The Morgan fingerprint density at radius 1 is 1.12 bits per heavy atom. The first-order valence-corrected chi connectivity index (χ1v) is 8.52. The number of ketones is 1. The van der Waals surface area contributed by atoms with Gasteiger partial charge in [0.05, 0.1) is 5.70 Å². The molecule has 0 atom stereocenters. The van der Waals surface area contributed by atoms with Crippen molar-refractivity contribution < 1.29 is 4.79 Å². The van der Waals surface area contributed by atoms with Gasteiger partial charge in [-0.3, -0.25) is 4.79 Å². The molecule has 4 nitrogen and oxygen atoms in total. The van der Waals surface area contributed by atoms with E-state index in [1.54, 1.807) is 12.1 Å². The lowest BCUT2D eigenvalue weighted by Gasteiger charge is -2.20. The van der Waals surface area contributed by atoms with Gasteiger partial charge in [0, 0.05) is 17.9 Å². The van der Waals surface area contributed by atoms with Gasteiger partial charge in [-0.2, -0.15) is 5.26 Å². The molecule has 0 N–H and O–H groups in total. The highest BCUT2D eigenvalue weighted by molar-refractivity contribution is 8.14. The van der Waals surface area contributed by atoms with E-state index in [1.807, 2.05) is 65.7 Å². The zero-order chi connectivity index (χ0) is 16.8. The zero-order valence-corrected chi connectivity index (χ0v) is 13.7. The van der Waals surface area contributed by atoms with E-state index in [4.69, 9.17) is 5.26 Å². The Labute approximate surface area is 145 Å². The SMILES string of the molecule is N#CN=C1SCCN1/C(=C\c1ccccc1)C(=O)c1ccccc1. The van der Waals surface area contributed by atoms with Gasteiger partial charge >= 0.3 is 0 Å². The fourth-order valence-electron chi connectivity index (χ4n) is 2.47. The van der Waals surface area contributed by atoms with Crippen molar-refractivity contribution in [3.8, 4) is 6.19 Å². The molecule has 118 valence electrons. The fourth-order valence-corrected chi connectivity index (χ4v) is 3.38. The number of thioether (sulfide) groups is 1. The van der Waals surface area contributed by atoms with Crippen molar-refractivity contribution in [3.05, 3.63) is 77.5 Å². The Hall–Kier alpha value is -2.84. The van der Waals surface area contributed by atoms with Gasteiger partial charge in [-0.05, 0) is 11.6 Å². The lowest BCUT2D eigenvalue weighted by Crippen LogP contribution is -2.28. The molecule has 0 unspecified atom stereocenters. The van der Waals surface area contributed by atoms with Crippen molar-refractivity contribution in [2.45, 2.75) is 0 Å². The first kappa shape index (κ1) is 16.0. The summed E-state index contributed by atoms with van der Waals surface area (Å²) >= 11 is 1.49. The predicted octanol–water partition coefficient (Wildman–Crippen LogP) is 3.80. The highest BCUT2D eigenvalue weighted by atomic mass is 32.2. The van der Waals surface area contributed by atoms with Gasteiger partial charge < -0.3 is 4.90 Å². The van der Waals surface area contributed by atoms with E-state index < -0.39 is 0 Å². The molecule has 1 saturated heterocycles. The fraction of sp³-hybridized carbons (Fsp3) is 0.105. The second-order valence-electron chi connectivity index (χ2n) is 5.13. The summed E-state index contributed by atoms with van der Waals surface area (Å²) in [5.74, 6) is 0.724. The second kappa shape index (κ2) is 7.62. The molecule has 2 aromatic rings. The van der Waals surface area contributed by atoms with E-state index in [0.717, 1.165) is 11.3 Å². The van der Waals surface area contributed by atoms with Crippen LogP contribution in [0.1, 0.15) is 15.9 Å². The van der Waals surface area contributed by atoms with E-state index >= 15 is 0 Å². The third-order valence-corrected chi connectivity index (χ3v) is 4.54. The second-order valence-corrected chi connectivity index (χ2v) is 6.19. The zero-order valence-electron chi connectivity index (χ0n) is 12.9. The van der Waals surface area contributed by atoms with Crippen LogP contribution >= 0.6 is 11.8 Å². The summed E-state index contributed by atoms with van der Waals surface area (Å²) in [4.78, 5) is 18.7. The molecule has 0 spiro atoms. The highest BCUT2D eigenvalue weighted by Gasteiger charge is 2.27. The van der Waals surface area contributed by atoms with Crippen molar-refractivity contribution in [3.63, 3.8) is 0 Å². The number of carbonyl (C=O) groups is 1. The van der Waals surface area contributed by atoms with Crippen LogP contribution in [0.5, 0.6) is 0 Å². The van der Waals surface area contributed by atoms with Crippen LogP contribution < -0.4 is 0 Å². The molecule has 0 saturated carbocycles. The van der Waals surface area contributed by atoms with E-state index in [0.29, 0.717) is 23.0 Å². The number of rotatable bonds is 4. The normalized spacial score (nSPS) is 16.2. The summed E-state index contributed by atoms with van der Waals surface area (Å²) in [7, 11) is 0. The maximum Gasteiger partial charge on any atom is 0.209 e. The van der Waals surface area contributed by atoms with Gasteiger partial charge in [-0.25, -0.2) is 0 Å². The molecule has 24 heavy (non-hydrogen) atoms. The van der Waals surface area contributed by atoms with Crippen LogP contribution in [0.25, 0.3) is 6.08 Å². The van der Waals surface area contributed by atoms with Crippen LogP contribution in [0.15, 0.2) is 71.4 Å². The number of allylic oxidation sites excluding steroid dienone is 1. The van der Waals surface area contributed by atoms with Crippen LogP contribution in [0.4, 0.5) is 0 Å². The van der Waals surface area contributed by atoms with Crippen molar-refractivity contribution in [1.82, 2.24) is 4.90 Å². The minimum atomic E-state index is -0.0763. The first-order chi connectivity index (χ1) is 11.8. The molecule has 3 rings (SSSR count). The van der Waals surface area contributed by atoms with Gasteiger partial charge in [0.2, 0.25) is 12.0 Å².